The lowest BCUT2D eigenvalue weighted by Crippen LogP contribution is -2.30. The Balaban J connectivity index is 1.58. The van der Waals surface area contributed by atoms with Crippen molar-refractivity contribution in [3.8, 4) is 22.8 Å². The average molecular weight is 493 g/mol. The zero-order chi connectivity index (χ0) is 25.7. The summed E-state index contributed by atoms with van der Waals surface area (Å²) >= 11 is 0. The number of aromatic nitrogens is 5. The normalized spacial score (nSPS) is 10.8. The predicted octanol–water partition coefficient (Wildman–Crippen LogP) is 2.96. The number of anilines is 1. The fourth-order valence-corrected chi connectivity index (χ4v) is 3.60. The first kappa shape index (κ1) is 24.7. The second-order valence-corrected chi connectivity index (χ2v) is 7.69. The van der Waals surface area contributed by atoms with Crippen LogP contribution in [0.15, 0.2) is 43.1 Å². The first-order valence-electron chi connectivity index (χ1n) is 11.0. The molecule has 0 radical (unpaired) electrons. The quantitative estimate of drug-likeness (QED) is 0.265. The number of carbonyl (C=O) groups excluding carboxylic acids is 1. The standard InChI is InChI=1S/C24H24FN7O4/c1-4-32(24-27-11-17(12-28-24)22(33)31-34)5-6-36-20-9-15(7-18-14(2)29-13-30-21(18)20)16-8-19(25)23(35-3)26-10-16/h7-13,34H,4-6H2,1-3H3,(H,31,33). The topological polar surface area (TPSA) is 135 Å². The van der Waals surface area contributed by atoms with Crippen molar-refractivity contribution in [2.24, 2.45) is 0 Å². The second kappa shape index (κ2) is 10.9. The number of halogens is 1. The molecule has 0 aliphatic rings. The number of ether oxygens (including phenoxy) is 2. The van der Waals surface area contributed by atoms with E-state index >= 15 is 0 Å². The fraction of sp³-hybridized carbons (Fsp3) is 0.250. The van der Waals surface area contributed by atoms with Crippen LogP contribution in [0.1, 0.15) is 23.0 Å². The fourth-order valence-electron chi connectivity index (χ4n) is 3.60. The van der Waals surface area contributed by atoms with Gasteiger partial charge >= 0.3 is 0 Å². The molecule has 3 heterocycles. The van der Waals surface area contributed by atoms with Gasteiger partial charge in [-0.3, -0.25) is 10.0 Å². The number of benzene rings is 1. The average Bonchev–Trinajstić information content (AvgIpc) is 2.91. The number of amides is 1. The molecule has 0 saturated carbocycles. The summed E-state index contributed by atoms with van der Waals surface area (Å²) in [5, 5.41) is 9.51. The smallest absolute Gasteiger partial charge is 0.277 e. The minimum absolute atomic E-state index is 0.0811. The van der Waals surface area contributed by atoms with Crippen molar-refractivity contribution in [1.82, 2.24) is 30.4 Å². The lowest BCUT2D eigenvalue weighted by molar-refractivity contribution is 0.0705. The van der Waals surface area contributed by atoms with E-state index < -0.39 is 11.7 Å². The molecule has 0 fully saturated rings. The number of nitrogens with one attached hydrogen (secondary N) is 1. The monoisotopic (exact) mass is 493 g/mol. The van der Waals surface area contributed by atoms with E-state index in [0.717, 1.165) is 11.1 Å². The summed E-state index contributed by atoms with van der Waals surface area (Å²) in [6.07, 6.45) is 5.66. The number of pyridine rings is 1. The molecule has 1 amide bonds. The molecular formula is C24H24FN7O4. The molecule has 0 atom stereocenters. The number of likely N-dealkylation sites (N-methyl/N-ethyl adjacent to an activating group) is 1. The third kappa shape index (κ3) is 5.13. The molecule has 1 aromatic carbocycles. The summed E-state index contributed by atoms with van der Waals surface area (Å²) in [5.41, 5.74) is 4.31. The Morgan fingerprint density at radius 3 is 2.53 bits per heavy atom. The van der Waals surface area contributed by atoms with E-state index in [0.29, 0.717) is 41.4 Å². The molecule has 4 rings (SSSR count). The molecule has 0 spiro atoms. The van der Waals surface area contributed by atoms with Crippen LogP contribution in [0.4, 0.5) is 10.3 Å². The number of nitrogens with zero attached hydrogens (tertiary/aromatic N) is 6. The van der Waals surface area contributed by atoms with Gasteiger partial charge in [0.25, 0.3) is 5.91 Å². The highest BCUT2D eigenvalue weighted by Crippen LogP contribution is 2.33. The van der Waals surface area contributed by atoms with Crippen molar-refractivity contribution < 1.29 is 23.9 Å². The molecule has 186 valence electrons. The van der Waals surface area contributed by atoms with Crippen molar-refractivity contribution >= 4 is 22.8 Å². The molecule has 0 aliphatic heterocycles. The number of hydrogen-bond acceptors (Lipinski definition) is 10. The van der Waals surface area contributed by atoms with Crippen LogP contribution in [-0.2, 0) is 0 Å². The minimum Gasteiger partial charge on any atom is -0.489 e. The van der Waals surface area contributed by atoms with Gasteiger partial charge in [-0.05, 0) is 37.6 Å². The van der Waals surface area contributed by atoms with E-state index in [-0.39, 0.29) is 18.1 Å². The molecule has 3 aromatic heterocycles. The van der Waals surface area contributed by atoms with Crippen LogP contribution in [-0.4, -0.2) is 62.8 Å². The molecule has 2 N–H and O–H groups in total. The van der Waals surface area contributed by atoms with Gasteiger partial charge < -0.3 is 14.4 Å². The second-order valence-electron chi connectivity index (χ2n) is 7.69. The molecule has 0 unspecified atom stereocenters. The van der Waals surface area contributed by atoms with Crippen LogP contribution in [0.3, 0.4) is 0 Å². The largest absolute Gasteiger partial charge is 0.489 e. The number of methoxy groups -OCH3 is 1. The molecule has 11 nitrogen and oxygen atoms in total. The van der Waals surface area contributed by atoms with E-state index in [1.165, 1.54) is 38.1 Å². The van der Waals surface area contributed by atoms with Gasteiger partial charge in [-0.15, -0.1) is 0 Å². The Hall–Kier alpha value is -4.45. The highest BCUT2D eigenvalue weighted by atomic mass is 19.1. The van der Waals surface area contributed by atoms with Crippen LogP contribution in [0.25, 0.3) is 22.0 Å². The Morgan fingerprint density at radius 1 is 1.08 bits per heavy atom. The van der Waals surface area contributed by atoms with Crippen LogP contribution in [0.2, 0.25) is 0 Å². The molecule has 36 heavy (non-hydrogen) atoms. The summed E-state index contributed by atoms with van der Waals surface area (Å²) in [6, 6.07) is 5.01. The van der Waals surface area contributed by atoms with Crippen LogP contribution < -0.4 is 19.9 Å². The van der Waals surface area contributed by atoms with Gasteiger partial charge in [-0.2, -0.15) is 0 Å². The van der Waals surface area contributed by atoms with Crippen LogP contribution >= 0.6 is 0 Å². The summed E-state index contributed by atoms with van der Waals surface area (Å²) in [7, 11) is 1.36. The highest BCUT2D eigenvalue weighted by Gasteiger charge is 2.15. The van der Waals surface area contributed by atoms with Crippen molar-refractivity contribution in [1.29, 1.82) is 0 Å². The van der Waals surface area contributed by atoms with E-state index in [1.54, 1.807) is 11.5 Å². The van der Waals surface area contributed by atoms with Gasteiger partial charge in [0, 0.05) is 41.8 Å². The van der Waals surface area contributed by atoms with Crippen molar-refractivity contribution in [3.05, 3.63) is 60.2 Å². The van der Waals surface area contributed by atoms with Crippen molar-refractivity contribution in [2.45, 2.75) is 13.8 Å². The SMILES string of the molecule is CCN(CCOc1cc(-c2cnc(OC)c(F)c2)cc2c(C)ncnc12)c1ncc(C(=O)NO)cn1. The van der Waals surface area contributed by atoms with Gasteiger partial charge in [0.2, 0.25) is 11.8 Å². The Kier molecular flexibility index (Phi) is 7.44. The number of hydrogen-bond donors (Lipinski definition) is 2. The zero-order valence-electron chi connectivity index (χ0n) is 19.9. The maximum atomic E-state index is 14.3. The van der Waals surface area contributed by atoms with Crippen LogP contribution in [0.5, 0.6) is 11.6 Å². The summed E-state index contributed by atoms with van der Waals surface area (Å²) < 4.78 is 25.4. The summed E-state index contributed by atoms with van der Waals surface area (Å²) in [5.74, 6) is -0.422. The molecule has 0 saturated heterocycles. The van der Waals surface area contributed by atoms with E-state index in [9.17, 15) is 9.18 Å². The number of carbonyl (C=O) groups is 1. The van der Waals surface area contributed by atoms with Crippen molar-refractivity contribution in [2.75, 3.05) is 31.7 Å². The molecule has 12 heteroatoms. The highest BCUT2D eigenvalue weighted by molar-refractivity contribution is 5.93. The number of fused-ring (bicyclic) bond motifs is 1. The van der Waals surface area contributed by atoms with E-state index in [4.69, 9.17) is 14.7 Å². The zero-order valence-corrected chi connectivity index (χ0v) is 19.9. The van der Waals surface area contributed by atoms with Gasteiger partial charge in [0.15, 0.2) is 5.82 Å². The Morgan fingerprint density at radius 2 is 1.86 bits per heavy atom. The van der Waals surface area contributed by atoms with Gasteiger partial charge in [-0.1, -0.05) is 0 Å². The molecule has 0 bridgehead atoms. The van der Waals surface area contributed by atoms with E-state index in [2.05, 4.69) is 24.9 Å². The van der Waals surface area contributed by atoms with Crippen LogP contribution in [0, 0.1) is 12.7 Å². The predicted molar refractivity (Wildman–Crippen MR) is 129 cm³/mol. The molecule has 4 aromatic rings. The van der Waals surface area contributed by atoms with Gasteiger partial charge in [-0.25, -0.2) is 34.8 Å². The summed E-state index contributed by atoms with van der Waals surface area (Å²) in [6.45, 7) is 5.11. The maximum absolute atomic E-state index is 14.3. The number of hydroxylamine groups is 1. The third-order valence-corrected chi connectivity index (χ3v) is 5.52. The lowest BCUT2D eigenvalue weighted by Gasteiger charge is -2.21. The van der Waals surface area contributed by atoms with Crippen molar-refractivity contribution in [3.63, 3.8) is 0 Å². The third-order valence-electron chi connectivity index (χ3n) is 5.52. The lowest BCUT2D eigenvalue weighted by atomic mass is 10.0. The van der Waals surface area contributed by atoms with Gasteiger partial charge in [0.1, 0.15) is 24.2 Å². The Labute approximate surface area is 205 Å². The molecule has 0 aliphatic carbocycles. The van der Waals surface area contributed by atoms with Gasteiger partial charge in [0.05, 0.1) is 19.2 Å². The first-order valence-corrected chi connectivity index (χ1v) is 11.0. The summed E-state index contributed by atoms with van der Waals surface area (Å²) in [4.78, 5) is 34.4. The van der Waals surface area contributed by atoms with E-state index in [1.807, 2.05) is 24.8 Å². The number of rotatable bonds is 9. The number of aryl methyl sites for hydroxylation is 1. The Bertz CT molecular complexity index is 1390. The molecular weight excluding hydrogens is 469 g/mol. The minimum atomic E-state index is -0.691. The maximum Gasteiger partial charge on any atom is 0.277 e. The first-order chi connectivity index (χ1) is 17.4.